The van der Waals surface area contributed by atoms with Gasteiger partial charge in [-0.25, -0.2) is 0 Å². The van der Waals surface area contributed by atoms with Crippen molar-refractivity contribution in [3.8, 4) is 0 Å². The molecule has 5 heteroatoms. The predicted molar refractivity (Wildman–Crippen MR) is 95.6 cm³/mol. The van der Waals surface area contributed by atoms with Gasteiger partial charge in [-0.2, -0.15) is 0 Å². The molecule has 0 aliphatic heterocycles. The molecule has 4 nitrogen and oxygen atoms in total. The van der Waals surface area contributed by atoms with Crippen molar-refractivity contribution < 1.29 is 4.79 Å². The van der Waals surface area contributed by atoms with E-state index in [-0.39, 0.29) is 31.6 Å². The van der Waals surface area contributed by atoms with Gasteiger partial charge in [0.25, 0.3) is 0 Å². The first-order valence-electron chi connectivity index (χ1n) is 7.47. The predicted octanol–water partition coefficient (Wildman–Crippen LogP) is 2.54. The van der Waals surface area contributed by atoms with Gasteiger partial charge in [0.05, 0.1) is 0 Å². The Hall–Kier alpha value is -1.94. The molecule has 0 radical (unpaired) electrons. The van der Waals surface area contributed by atoms with E-state index in [1.807, 2.05) is 74.5 Å². The third-order valence-corrected chi connectivity index (χ3v) is 5.58. The first-order valence-corrected chi connectivity index (χ1v) is 9.31. The molecule has 0 bridgehead atoms. The molecule has 3 N–H and O–H groups in total. The van der Waals surface area contributed by atoms with Gasteiger partial charge in [-0.05, 0) is 0 Å². The molecule has 0 fully saturated rings. The second kappa shape index (κ2) is 8.63. The molecule has 2 rings (SSSR count). The topological polar surface area (TPSA) is 67.5 Å². The van der Waals surface area contributed by atoms with Gasteiger partial charge in [-0.3, -0.25) is 0 Å². The normalized spacial score (nSPS) is 13.0. The summed E-state index contributed by atoms with van der Waals surface area (Å²) in [5.41, 5.74) is 4.37. The molecule has 2 aromatic carbocycles. The van der Waals surface area contributed by atoms with E-state index in [9.17, 15) is 4.79 Å². The molecule has 0 aliphatic rings. The van der Waals surface area contributed by atoms with Crippen molar-refractivity contribution in [2.45, 2.75) is 24.7 Å². The number of carbonyl (C=O) groups is 1. The van der Waals surface area contributed by atoms with E-state index in [0.29, 0.717) is 10.3 Å². The number of carbonyl (C=O) groups excluding carboxylic acids is 1. The number of Topliss-reactive ketones (excluding diaryl/α,β-unsaturated/α-hetero) is 1. The Balaban J connectivity index is 2.35. The molecule has 0 aliphatic carbocycles. The fraction of sp³-hybridized carbons (Fsp3) is 0.222. The summed E-state index contributed by atoms with van der Waals surface area (Å²) < 4.78 is 0.700. The third kappa shape index (κ3) is 5.03. The number of amidine groups is 1. The zero-order valence-corrected chi connectivity index (χ0v) is 15.0. The minimum absolute atomic E-state index is 0.100. The second-order valence-corrected chi connectivity index (χ2v) is 7.61. The van der Waals surface area contributed by atoms with Crippen LogP contribution in [0.15, 0.2) is 65.7 Å². The van der Waals surface area contributed by atoms with E-state index < -0.39 is 0 Å². The molecule has 2 aromatic rings. The first kappa shape index (κ1) is 17.4. The number of nitrogens with one attached hydrogen (secondary N) is 1. The fourth-order valence-corrected chi connectivity index (χ4v) is 4.41. The maximum atomic E-state index is 13.0. The molecule has 0 amide bonds. The van der Waals surface area contributed by atoms with Gasteiger partial charge in [0.15, 0.2) is 0 Å². The molecule has 1 unspecified atom stereocenters. The molecular weight excluding hydrogens is 353 g/mol. The summed E-state index contributed by atoms with van der Waals surface area (Å²) in [6.45, 7) is 3.98. The van der Waals surface area contributed by atoms with Crippen LogP contribution in [0.3, 0.4) is 0 Å². The summed E-state index contributed by atoms with van der Waals surface area (Å²) in [5.74, 6) is 5.71. The first-order chi connectivity index (χ1) is 11.1. The standard InChI is InChI=1S/C18H21N3OSe/c1-13(2)20-18(21-19)23-17(15-11-7-4-8-12-15)16(22)14-9-5-3-6-10-14/h3-13,17H,19H2,1-2H3,(H,20,21). The summed E-state index contributed by atoms with van der Waals surface area (Å²) in [6.07, 6.45) is 0. The molecule has 23 heavy (non-hydrogen) atoms. The summed E-state index contributed by atoms with van der Waals surface area (Å²) in [5, 5.41) is 0. The number of ketones is 1. The number of nitrogens with two attached hydrogens (primary N) is 1. The number of nitrogens with zero attached hydrogens (tertiary/aromatic N) is 1. The number of hydrogen-bond donors (Lipinski definition) is 2. The van der Waals surface area contributed by atoms with E-state index in [1.54, 1.807) is 0 Å². The summed E-state index contributed by atoms with van der Waals surface area (Å²) >= 11 is -0.215. The number of benzene rings is 2. The average molecular weight is 374 g/mol. The van der Waals surface area contributed by atoms with Crippen molar-refractivity contribution in [1.82, 2.24) is 5.43 Å². The van der Waals surface area contributed by atoms with Crippen LogP contribution in [0.1, 0.15) is 34.6 Å². The van der Waals surface area contributed by atoms with E-state index in [1.165, 1.54) is 0 Å². The van der Waals surface area contributed by atoms with Gasteiger partial charge in [-0.15, -0.1) is 0 Å². The number of hydrogen-bond acceptors (Lipinski definition) is 3. The van der Waals surface area contributed by atoms with E-state index in [0.717, 1.165) is 5.56 Å². The van der Waals surface area contributed by atoms with Crippen molar-refractivity contribution in [2.24, 2.45) is 10.8 Å². The molecule has 0 heterocycles. The van der Waals surface area contributed by atoms with Gasteiger partial charge >= 0.3 is 143 Å². The van der Waals surface area contributed by atoms with E-state index >= 15 is 0 Å². The van der Waals surface area contributed by atoms with Crippen molar-refractivity contribution in [2.75, 3.05) is 0 Å². The Morgan fingerprint density at radius 1 is 1.04 bits per heavy atom. The van der Waals surface area contributed by atoms with Crippen LogP contribution in [0, 0.1) is 0 Å². The Labute approximate surface area is 143 Å². The average Bonchev–Trinajstić information content (AvgIpc) is 2.59. The monoisotopic (exact) mass is 375 g/mol. The molecule has 1 atom stereocenters. The van der Waals surface area contributed by atoms with E-state index in [2.05, 4.69) is 10.4 Å². The van der Waals surface area contributed by atoms with E-state index in [4.69, 9.17) is 5.84 Å². The quantitative estimate of drug-likeness (QED) is 0.204. The van der Waals surface area contributed by atoms with Crippen LogP contribution in [0.2, 0.25) is 0 Å². The van der Waals surface area contributed by atoms with Gasteiger partial charge in [-0.1, -0.05) is 0 Å². The Bertz CT molecular complexity index is 656. The second-order valence-electron chi connectivity index (χ2n) is 5.31. The van der Waals surface area contributed by atoms with Gasteiger partial charge in [0, 0.05) is 0 Å². The van der Waals surface area contributed by atoms with Crippen LogP contribution in [-0.4, -0.2) is 31.5 Å². The Kier molecular flexibility index (Phi) is 6.53. The summed E-state index contributed by atoms with van der Waals surface area (Å²) in [4.78, 5) is 17.2. The Morgan fingerprint density at radius 3 is 2.13 bits per heavy atom. The van der Waals surface area contributed by atoms with Crippen LogP contribution in [-0.2, 0) is 0 Å². The molecule has 0 aromatic heterocycles. The van der Waals surface area contributed by atoms with Gasteiger partial charge in [0.1, 0.15) is 0 Å². The molecule has 0 spiro atoms. The fourth-order valence-electron chi connectivity index (χ4n) is 2.10. The molecule has 0 saturated heterocycles. The van der Waals surface area contributed by atoms with Crippen molar-refractivity contribution in [3.05, 3.63) is 71.8 Å². The van der Waals surface area contributed by atoms with Crippen molar-refractivity contribution >= 4 is 25.5 Å². The van der Waals surface area contributed by atoms with Gasteiger partial charge in [0.2, 0.25) is 0 Å². The van der Waals surface area contributed by atoms with Crippen molar-refractivity contribution in [3.63, 3.8) is 0 Å². The molecular formula is C18H21N3OSe. The zero-order valence-electron chi connectivity index (χ0n) is 13.3. The Morgan fingerprint density at radius 2 is 1.61 bits per heavy atom. The number of aliphatic imine (C=N–C) groups is 1. The zero-order chi connectivity index (χ0) is 16.7. The van der Waals surface area contributed by atoms with Crippen molar-refractivity contribution in [1.29, 1.82) is 0 Å². The van der Waals surface area contributed by atoms with Crippen LogP contribution >= 0.6 is 0 Å². The van der Waals surface area contributed by atoms with Crippen LogP contribution in [0.25, 0.3) is 0 Å². The number of rotatable bonds is 6. The number of hydrazine groups is 1. The van der Waals surface area contributed by atoms with Crippen LogP contribution < -0.4 is 11.3 Å². The van der Waals surface area contributed by atoms with Gasteiger partial charge < -0.3 is 0 Å². The minimum atomic E-state index is -0.250. The molecule has 120 valence electrons. The SMILES string of the molecule is CC(C)N=C(NN)[Se]C(C(=O)c1ccccc1)c1ccccc1. The maximum absolute atomic E-state index is 13.0. The summed E-state index contributed by atoms with van der Waals surface area (Å²) in [7, 11) is 0. The third-order valence-electron chi connectivity index (χ3n) is 3.13. The summed E-state index contributed by atoms with van der Waals surface area (Å²) in [6, 6.07) is 19.3. The van der Waals surface area contributed by atoms with Crippen LogP contribution in [0.5, 0.6) is 0 Å². The molecule has 0 saturated carbocycles. The van der Waals surface area contributed by atoms with Crippen LogP contribution in [0.4, 0.5) is 0 Å².